The Bertz CT molecular complexity index is 637. The molecule has 0 N–H and O–H groups in total. The molecule has 1 aromatic heterocycles. The largest absolute Gasteiger partial charge is 0.496 e. The van der Waals surface area contributed by atoms with Gasteiger partial charge in [0.2, 0.25) is 0 Å². The third-order valence-electron chi connectivity index (χ3n) is 3.97. The van der Waals surface area contributed by atoms with Gasteiger partial charge in [-0.25, -0.2) is 4.79 Å². The molecule has 1 aliphatic carbocycles. The normalized spacial score (nSPS) is 15.1. The van der Waals surface area contributed by atoms with E-state index in [1.54, 1.807) is 14.0 Å². The fourth-order valence-electron chi connectivity index (χ4n) is 2.71. The lowest BCUT2D eigenvalue weighted by molar-refractivity contribution is 0.0527. The number of hydrogen-bond donors (Lipinski definition) is 0. The molecule has 0 radical (unpaired) electrons. The molecule has 0 aliphatic heterocycles. The number of rotatable bonds is 4. The monoisotopic (exact) mass is 274 g/mol. The van der Waals surface area contributed by atoms with Gasteiger partial charge in [0.25, 0.3) is 0 Å². The molecule has 4 heteroatoms. The summed E-state index contributed by atoms with van der Waals surface area (Å²) in [5, 5.41) is 0.732. The molecule has 4 nitrogen and oxygen atoms in total. The van der Waals surface area contributed by atoms with Gasteiger partial charge in [0, 0.05) is 0 Å². The van der Waals surface area contributed by atoms with Gasteiger partial charge in [0.1, 0.15) is 23.2 Å². The first-order valence-corrected chi connectivity index (χ1v) is 7.01. The first kappa shape index (κ1) is 13.0. The van der Waals surface area contributed by atoms with Crippen LogP contribution in [-0.4, -0.2) is 19.7 Å². The molecule has 0 saturated heterocycles. The molecule has 0 amide bonds. The molecule has 1 aliphatic rings. The van der Waals surface area contributed by atoms with E-state index in [1.165, 1.54) is 31.1 Å². The molecule has 0 atom stereocenters. The van der Waals surface area contributed by atoms with Crippen LogP contribution in [0.2, 0.25) is 0 Å². The number of furan rings is 1. The summed E-state index contributed by atoms with van der Waals surface area (Å²) in [5.41, 5.74) is 2.37. The minimum Gasteiger partial charge on any atom is -0.496 e. The Morgan fingerprint density at radius 2 is 2.20 bits per heavy atom. The van der Waals surface area contributed by atoms with Crippen LogP contribution in [0.1, 0.15) is 48.0 Å². The lowest BCUT2D eigenvalue weighted by Crippen LogP contribution is -2.09. The summed E-state index contributed by atoms with van der Waals surface area (Å²) in [4.78, 5) is 12.0. The van der Waals surface area contributed by atoms with Gasteiger partial charge in [0.05, 0.1) is 19.1 Å². The van der Waals surface area contributed by atoms with E-state index in [4.69, 9.17) is 13.9 Å². The van der Waals surface area contributed by atoms with Crippen molar-refractivity contribution in [2.45, 2.75) is 32.1 Å². The highest BCUT2D eigenvalue weighted by Crippen LogP contribution is 2.43. The van der Waals surface area contributed by atoms with E-state index >= 15 is 0 Å². The van der Waals surface area contributed by atoms with Gasteiger partial charge in [-0.1, -0.05) is 12.5 Å². The van der Waals surface area contributed by atoms with Crippen LogP contribution in [0.3, 0.4) is 0 Å². The predicted octanol–water partition coefficient (Wildman–Crippen LogP) is 3.89. The van der Waals surface area contributed by atoms with Crippen molar-refractivity contribution in [1.29, 1.82) is 0 Å². The molecule has 1 saturated carbocycles. The van der Waals surface area contributed by atoms with Gasteiger partial charge in [-0.2, -0.15) is 0 Å². The maximum Gasteiger partial charge on any atom is 0.342 e. The van der Waals surface area contributed by atoms with Crippen LogP contribution in [0.5, 0.6) is 5.75 Å². The van der Waals surface area contributed by atoms with Crippen LogP contribution in [0, 0.1) is 0 Å². The van der Waals surface area contributed by atoms with Crippen LogP contribution in [0.25, 0.3) is 11.0 Å². The van der Waals surface area contributed by atoms with E-state index in [0.717, 1.165) is 11.0 Å². The number of benzene rings is 1. The number of fused-ring (bicyclic) bond motifs is 1. The zero-order chi connectivity index (χ0) is 14.1. The smallest absolute Gasteiger partial charge is 0.342 e. The van der Waals surface area contributed by atoms with Crippen molar-refractivity contribution in [3.63, 3.8) is 0 Å². The summed E-state index contributed by atoms with van der Waals surface area (Å²) >= 11 is 0. The second-order valence-corrected chi connectivity index (χ2v) is 5.06. The maximum absolute atomic E-state index is 12.0. The SMILES string of the molecule is CCOC(=O)c1coc2c(C3CCC3)ccc(OC)c12. The summed E-state index contributed by atoms with van der Waals surface area (Å²) in [6.45, 7) is 2.13. The molecule has 1 heterocycles. The predicted molar refractivity (Wildman–Crippen MR) is 75.3 cm³/mol. The van der Waals surface area contributed by atoms with Crippen molar-refractivity contribution in [1.82, 2.24) is 0 Å². The van der Waals surface area contributed by atoms with Crippen LogP contribution >= 0.6 is 0 Å². The molecule has 20 heavy (non-hydrogen) atoms. The Morgan fingerprint density at radius 1 is 1.40 bits per heavy atom. The first-order chi connectivity index (χ1) is 9.76. The molecule has 1 aromatic carbocycles. The standard InChI is InChI=1S/C16H18O4/c1-3-19-16(17)12-9-20-15-11(10-5-4-6-10)7-8-13(18-2)14(12)15/h7-10H,3-6H2,1-2H3. The fourth-order valence-corrected chi connectivity index (χ4v) is 2.71. The minimum atomic E-state index is -0.365. The van der Waals surface area contributed by atoms with Crippen molar-refractivity contribution < 1.29 is 18.7 Å². The van der Waals surface area contributed by atoms with Gasteiger partial charge in [-0.05, 0) is 37.3 Å². The third-order valence-corrected chi connectivity index (χ3v) is 3.97. The maximum atomic E-state index is 12.0. The lowest BCUT2D eigenvalue weighted by Gasteiger charge is -2.26. The summed E-state index contributed by atoms with van der Waals surface area (Å²) < 4.78 is 16.1. The van der Waals surface area contributed by atoms with Gasteiger partial charge >= 0.3 is 5.97 Å². The Morgan fingerprint density at radius 3 is 2.80 bits per heavy atom. The van der Waals surface area contributed by atoms with Gasteiger partial charge in [0.15, 0.2) is 0 Å². The van der Waals surface area contributed by atoms with Crippen molar-refractivity contribution in [2.75, 3.05) is 13.7 Å². The van der Waals surface area contributed by atoms with E-state index in [0.29, 0.717) is 23.8 Å². The topological polar surface area (TPSA) is 48.7 Å². The quantitative estimate of drug-likeness (QED) is 0.794. The Labute approximate surface area is 117 Å². The van der Waals surface area contributed by atoms with E-state index in [-0.39, 0.29) is 5.97 Å². The molecule has 2 aromatic rings. The Kier molecular flexibility index (Phi) is 3.38. The molecule has 0 unspecified atom stereocenters. The first-order valence-electron chi connectivity index (χ1n) is 7.01. The lowest BCUT2D eigenvalue weighted by atomic mass is 9.79. The zero-order valence-corrected chi connectivity index (χ0v) is 11.8. The highest BCUT2D eigenvalue weighted by molar-refractivity contribution is 6.06. The number of carbonyl (C=O) groups excluding carboxylic acids is 1. The number of carbonyl (C=O) groups is 1. The number of ether oxygens (including phenoxy) is 2. The Balaban J connectivity index is 2.15. The molecule has 0 bridgehead atoms. The number of hydrogen-bond acceptors (Lipinski definition) is 4. The van der Waals surface area contributed by atoms with E-state index in [2.05, 4.69) is 0 Å². The van der Waals surface area contributed by atoms with Crippen LogP contribution in [-0.2, 0) is 4.74 Å². The molecule has 106 valence electrons. The average Bonchev–Trinajstić information content (AvgIpc) is 2.82. The van der Waals surface area contributed by atoms with Crippen molar-refractivity contribution in [2.24, 2.45) is 0 Å². The Hall–Kier alpha value is -1.97. The summed E-state index contributed by atoms with van der Waals surface area (Å²) in [5.74, 6) is 0.819. The number of methoxy groups -OCH3 is 1. The number of esters is 1. The zero-order valence-electron chi connectivity index (χ0n) is 11.8. The summed E-state index contributed by atoms with van der Waals surface area (Å²) in [6, 6.07) is 3.96. The van der Waals surface area contributed by atoms with E-state index < -0.39 is 0 Å². The second-order valence-electron chi connectivity index (χ2n) is 5.06. The van der Waals surface area contributed by atoms with Crippen LogP contribution < -0.4 is 4.74 Å². The molecular weight excluding hydrogens is 256 g/mol. The van der Waals surface area contributed by atoms with Crippen molar-refractivity contribution >= 4 is 16.9 Å². The average molecular weight is 274 g/mol. The van der Waals surface area contributed by atoms with E-state index in [1.807, 2.05) is 12.1 Å². The van der Waals surface area contributed by atoms with E-state index in [9.17, 15) is 4.79 Å². The van der Waals surface area contributed by atoms with Gasteiger partial charge in [-0.15, -0.1) is 0 Å². The summed E-state index contributed by atoms with van der Waals surface area (Å²) in [7, 11) is 1.60. The highest BCUT2D eigenvalue weighted by atomic mass is 16.5. The molecule has 1 fully saturated rings. The summed E-state index contributed by atoms with van der Waals surface area (Å²) in [6.07, 6.45) is 5.09. The van der Waals surface area contributed by atoms with Crippen LogP contribution in [0.4, 0.5) is 0 Å². The molecule has 0 spiro atoms. The second kappa shape index (κ2) is 5.19. The molecule has 3 rings (SSSR count). The fraction of sp³-hybridized carbons (Fsp3) is 0.438. The molecular formula is C16H18O4. The minimum absolute atomic E-state index is 0.343. The van der Waals surface area contributed by atoms with Gasteiger partial charge < -0.3 is 13.9 Å². The van der Waals surface area contributed by atoms with Crippen molar-refractivity contribution in [3.8, 4) is 5.75 Å². The van der Waals surface area contributed by atoms with Gasteiger partial charge in [-0.3, -0.25) is 0 Å². The van der Waals surface area contributed by atoms with Crippen molar-refractivity contribution in [3.05, 3.63) is 29.5 Å². The van der Waals surface area contributed by atoms with Crippen LogP contribution in [0.15, 0.2) is 22.8 Å². The highest BCUT2D eigenvalue weighted by Gasteiger charge is 2.27. The third kappa shape index (κ3) is 1.96.